The summed E-state index contributed by atoms with van der Waals surface area (Å²) in [5, 5.41) is 17.0. The van der Waals surface area contributed by atoms with E-state index in [1.54, 1.807) is 0 Å². The SMILES string of the molecule is CSCCC(NC(=O)C(C)NC(=O)C(CC(C)C)NC(=O)C(N)Cc1ccccc1)C(=O)O. The molecule has 0 spiro atoms. The summed E-state index contributed by atoms with van der Waals surface area (Å²) >= 11 is 1.48. The summed E-state index contributed by atoms with van der Waals surface area (Å²) in [6.45, 7) is 5.29. The zero-order valence-corrected chi connectivity index (χ0v) is 20.5. The van der Waals surface area contributed by atoms with Crippen LogP contribution in [0.5, 0.6) is 0 Å². The lowest BCUT2D eigenvalue weighted by molar-refractivity contribution is -0.142. The molecule has 0 bridgehead atoms. The maximum absolute atomic E-state index is 12.8. The van der Waals surface area contributed by atoms with Gasteiger partial charge in [-0.2, -0.15) is 11.8 Å². The van der Waals surface area contributed by atoms with Gasteiger partial charge in [-0.3, -0.25) is 14.4 Å². The van der Waals surface area contributed by atoms with Gasteiger partial charge >= 0.3 is 5.97 Å². The molecule has 4 atom stereocenters. The lowest BCUT2D eigenvalue weighted by Gasteiger charge is -2.24. The minimum absolute atomic E-state index is 0.0958. The van der Waals surface area contributed by atoms with Crippen molar-refractivity contribution in [2.24, 2.45) is 11.7 Å². The molecule has 4 unspecified atom stereocenters. The van der Waals surface area contributed by atoms with Gasteiger partial charge < -0.3 is 26.8 Å². The molecule has 9 nitrogen and oxygen atoms in total. The molecule has 10 heteroatoms. The number of aliphatic carboxylic acids is 1. The topological polar surface area (TPSA) is 151 Å². The van der Waals surface area contributed by atoms with E-state index in [0.717, 1.165) is 5.56 Å². The first-order valence-electron chi connectivity index (χ1n) is 11.0. The highest BCUT2D eigenvalue weighted by molar-refractivity contribution is 7.98. The van der Waals surface area contributed by atoms with Crippen LogP contribution in [0, 0.1) is 5.92 Å². The van der Waals surface area contributed by atoms with Gasteiger partial charge in [0.1, 0.15) is 18.1 Å². The van der Waals surface area contributed by atoms with E-state index in [0.29, 0.717) is 18.6 Å². The monoisotopic (exact) mass is 480 g/mol. The van der Waals surface area contributed by atoms with Crippen molar-refractivity contribution in [1.82, 2.24) is 16.0 Å². The van der Waals surface area contributed by atoms with Crippen molar-refractivity contribution >= 4 is 35.5 Å². The van der Waals surface area contributed by atoms with Gasteiger partial charge in [-0.15, -0.1) is 0 Å². The summed E-state index contributed by atoms with van der Waals surface area (Å²) in [6, 6.07) is 5.62. The maximum atomic E-state index is 12.8. The van der Waals surface area contributed by atoms with E-state index in [1.807, 2.05) is 50.4 Å². The molecule has 0 radical (unpaired) electrons. The van der Waals surface area contributed by atoms with E-state index in [-0.39, 0.29) is 12.3 Å². The number of thioether (sulfide) groups is 1. The number of carboxylic acids is 1. The van der Waals surface area contributed by atoms with Crippen LogP contribution >= 0.6 is 11.8 Å². The highest BCUT2D eigenvalue weighted by Crippen LogP contribution is 2.08. The smallest absolute Gasteiger partial charge is 0.326 e. The molecule has 0 heterocycles. The molecule has 33 heavy (non-hydrogen) atoms. The molecule has 3 amide bonds. The first kappa shape index (κ1) is 28.4. The highest BCUT2D eigenvalue weighted by atomic mass is 32.2. The van der Waals surface area contributed by atoms with Gasteiger partial charge in [0.05, 0.1) is 6.04 Å². The highest BCUT2D eigenvalue weighted by Gasteiger charge is 2.28. The number of carbonyl (C=O) groups excluding carboxylic acids is 3. The van der Waals surface area contributed by atoms with Crippen LogP contribution < -0.4 is 21.7 Å². The molecule has 0 saturated heterocycles. The quantitative estimate of drug-likeness (QED) is 0.266. The molecule has 1 rings (SSSR count). The number of hydrogen-bond donors (Lipinski definition) is 5. The molecular formula is C23H36N4O5S. The minimum atomic E-state index is -1.13. The third-order valence-electron chi connectivity index (χ3n) is 4.95. The number of carboxylic acid groups (broad SMARTS) is 1. The summed E-state index contributed by atoms with van der Waals surface area (Å²) in [7, 11) is 0. The number of rotatable bonds is 14. The first-order valence-corrected chi connectivity index (χ1v) is 12.4. The Morgan fingerprint density at radius 1 is 0.939 bits per heavy atom. The first-order chi connectivity index (χ1) is 15.5. The number of benzene rings is 1. The molecular weight excluding hydrogens is 444 g/mol. The molecule has 0 aliphatic rings. The average Bonchev–Trinajstić information content (AvgIpc) is 2.75. The Morgan fingerprint density at radius 2 is 1.55 bits per heavy atom. The normalized spacial score (nSPS) is 14.6. The Hall–Kier alpha value is -2.59. The lowest BCUT2D eigenvalue weighted by Crippen LogP contribution is -2.56. The van der Waals surface area contributed by atoms with Crippen LogP contribution in [-0.4, -0.2) is 65.0 Å². The third-order valence-corrected chi connectivity index (χ3v) is 5.60. The van der Waals surface area contributed by atoms with Crippen LogP contribution in [0.2, 0.25) is 0 Å². The fourth-order valence-corrected chi connectivity index (χ4v) is 3.58. The largest absolute Gasteiger partial charge is 0.480 e. The van der Waals surface area contributed by atoms with E-state index < -0.39 is 47.9 Å². The Kier molecular flexibility index (Phi) is 12.5. The summed E-state index contributed by atoms with van der Waals surface area (Å²) in [5.41, 5.74) is 6.94. The van der Waals surface area contributed by atoms with Crippen molar-refractivity contribution in [2.75, 3.05) is 12.0 Å². The van der Waals surface area contributed by atoms with Crippen LogP contribution in [0.25, 0.3) is 0 Å². The van der Waals surface area contributed by atoms with Gasteiger partial charge in [-0.05, 0) is 49.7 Å². The maximum Gasteiger partial charge on any atom is 0.326 e. The van der Waals surface area contributed by atoms with Gasteiger partial charge in [-0.1, -0.05) is 44.2 Å². The van der Waals surface area contributed by atoms with Crippen molar-refractivity contribution in [3.8, 4) is 0 Å². The van der Waals surface area contributed by atoms with E-state index >= 15 is 0 Å². The van der Waals surface area contributed by atoms with Crippen LogP contribution in [0.15, 0.2) is 30.3 Å². The van der Waals surface area contributed by atoms with E-state index in [1.165, 1.54) is 18.7 Å². The second kappa shape index (κ2) is 14.5. The molecule has 0 aliphatic carbocycles. The fourth-order valence-electron chi connectivity index (χ4n) is 3.11. The van der Waals surface area contributed by atoms with Crippen molar-refractivity contribution < 1.29 is 24.3 Å². The fraction of sp³-hybridized carbons (Fsp3) is 0.565. The second-order valence-electron chi connectivity index (χ2n) is 8.40. The predicted molar refractivity (Wildman–Crippen MR) is 130 cm³/mol. The molecule has 6 N–H and O–H groups in total. The van der Waals surface area contributed by atoms with Crippen LogP contribution in [-0.2, 0) is 25.6 Å². The van der Waals surface area contributed by atoms with Gasteiger partial charge in [-0.25, -0.2) is 4.79 Å². The second-order valence-corrected chi connectivity index (χ2v) is 9.38. The molecule has 184 valence electrons. The van der Waals surface area contributed by atoms with Crippen molar-refractivity contribution in [3.05, 3.63) is 35.9 Å². The molecule has 1 aromatic carbocycles. The number of hydrogen-bond acceptors (Lipinski definition) is 6. The molecule has 0 fully saturated rings. The number of nitrogens with two attached hydrogens (primary N) is 1. The van der Waals surface area contributed by atoms with E-state index in [4.69, 9.17) is 5.73 Å². The van der Waals surface area contributed by atoms with Crippen LogP contribution in [0.1, 0.15) is 39.2 Å². The van der Waals surface area contributed by atoms with Gasteiger partial charge in [0, 0.05) is 0 Å². The number of carbonyl (C=O) groups is 4. The number of nitrogens with one attached hydrogen (secondary N) is 3. The van der Waals surface area contributed by atoms with Gasteiger partial charge in [0.15, 0.2) is 0 Å². The Balaban J connectivity index is 2.74. The van der Waals surface area contributed by atoms with Crippen LogP contribution in [0.3, 0.4) is 0 Å². The minimum Gasteiger partial charge on any atom is -0.480 e. The summed E-state index contributed by atoms with van der Waals surface area (Å²) < 4.78 is 0. The predicted octanol–water partition coefficient (Wildman–Crippen LogP) is 0.915. The third kappa shape index (κ3) is 10.7. The summed E-state index contributed by atoms with van der Waals surface area (Å²) in [4.78, 5) is 49.2. The zero-order chi connectivity index (χ0) is 25.0. The molecule has 0 aliphatic heterocycles. The molecule has 1 aromatic rings. The van der Waals surface area contributed by atoms with Crippen molar-refractivity contribution in [2.45, 2.75) is 64.2 Å². The van der Waals surface area contributed by atoms with Crippen LogP contribution in [0.4, 0.5) is 0 Å². The van der Waals surface area contributed by atoms with E-state index in [9.17, 15) is 24.3 Å². The zero-order valence-electron chi connectivity index (χ0n) is 19.7. The molecule has 0 aromatic heterocycles. The summed E-state index contributed by atoms with van der Waals surface area (Å²) in [5.74, 6) is -2.05. The van der Waals surface area contributed by atoms with E-state index in [2.05, 4.69) is 16.0 Å². The Labute approximate surface area is 199 Å². The van der Waals surface area contributed by atoms with Crippen molar-refractivity contribution in [1.29, 1.82) is 0 Å². The molecule has 0 saturated carbocycles. The number of amides is 3. The Morgan fingerprint density at radius 3 is 2.09 bits per heavy atom. The van der Waals surface area contributed by atoms with Gasteiger partial charge in [0.25, 0.3) is 0 Å². The average molecular weight is 481 g/mol. The lowest BCUT2D eigenvalue weighted by atomic mass is 10.0. The summed E-state index contributed by atoms with van der Waals surface area (Å²) in [6.07, 6.45) is 2.80. The van der Waals surface area contributed by atoms with Gasteiger partial charge in [0.2, 0.25) is 17.7 Å². The van der Waals surface area contributed by atoms with Crippen molar-refractivity contribution in [3.63, 3.8) is 0 Å². The Bertz CT molecular complexity index is 790. The standard InChI is InChI=1S/C23H36N4O5S/c1-14(2)12-19(27-21(29)17(24)13-16-8-6-5-7-9-16)22(30)25-15(3)20(28)26-18(23(31)32)10-11-33-4/h5-9,14-15,17-19H,10-13,24H2,1-4H3,(H,25,30)(H,26,28)(H,27,29)(H,31,32).